The van der Waals surface area contributed by atoms with E-state index in [1.165, 1.54) is 5.56 Å². The van der Waals surface area contributed by atoms with Crippen LogP contribution in [0, 0.1) is 18.7 Å². The molecule has 4 heteroatoms. The molecule has 0 bridgehead atoms. The van der Waals surface area contributed by atoms with Crippen LogP contribution in [0.25, 0.3) is 11.4 Å². The minimum Gasteiger partial charge on any atom is -0.371 e. The van der Waals surface area contributed by atoms with Crippen LogP contribution in [0.4, 0.5) is 10.2 Å². The maximum absolute atomic E-state index is 13.7. The molecule has 0 atom stereocenters. The molecule has 2 rings (SSSR count). The van der Waals surface area contributed by atoms with Gasteiger partial charge < -0.3 is 5.32 Å². The molecule has 0 unspecified atom stereocenters. The zero-order valence-corrected chi connectivity index (χ0v) is 12.4. The molecule has 0 amide bonds. The number of benzene rings is 1. The lowest BCUT2D eigenvalue weighted by molar-refractivity contribution is 0.607. The van der Waals surface area contributed by atoms with Crippen molar-refractivity contribution in [3.63, 3.8) is 0 Å². The van der Waals surface area contributed by atoms with Crippen LogP contribution < -0.4 is 5.32 Å². The zero-order chi connectivity index (χ0) is 14.7. The fourth-order valence-electron chi connectivity index (χ4n) is 2.12. The number of nitrogens with zero attached hydrogens (tertiary/aromatic N) is 2. The van der Waals surface area contributed by atoms with Crippen LogP contribution in [0.5, 0.6) is 0 Å². The summed E-state index contributed by atoms with van der Waals surface area (Å²) in [6.07, 6.45) is 1.05. The average Bonchev–Trinajstić information content (AvgIpc) is 2.42. The molecular formula is C16H20FN3. The number of aryl methyl sites for hydroxylation is 1. The first-order valence-electron chi connectivity index (χ1n) is 6.82. The summed E-state index contributed by atoms with van der Waals surface area (Å²) in [7, 11) is 1.65. The molecule has 0 saturated carbocycles. The van der Waals surface area contributed by atoms with Crippen molar-refractivity contribution in [2.75, 3.05) is 12.4 Å². The average molecular weight is 273 g/mol. The summed E-state index contributed by atoms with van der Waals surface area (Å²) in [6.45, 7) is 6.04. The second-order valence-electron chi connectivity index (χ2n) is 5.34. The summed E-state index contributed by atoms with van der Waals surface area (Å²) in [5.74, 6) is 1.01. The topological polar surface area (TPSA) is 37.8 Å². The molecule has 0 saturated heterocycles. The van der Waals surface area contributed by atoms with Gasteiger partial charge in [0, 0.05) is 12.6 Å². The Labute approximate surface area is 119 Å². The molecule has 0 aliphatic rings. The van der Waals surface area contributed by atoms with Crippen molar-refractivity contribution in [1.29, 1.82) is 0 Å². The smallest absolute Gasteiger partial charge is 0.186 e. The third kappa shape index (κ3) is 3.13. The van der Waals surface area contributed by atoms with E-state index in [1.54, 1.807) is 14.0 Å². The van der Waals surface area contributed by atoms with Crippen molar-refractivity contribution in [2.45, 2.75) is 27.2 Å². The Hall–Kier alpha value is -1.97. The van der Waals surface area contributed by atoms with Crippen LogP contribution in [0.3, 0.4) is 0 Å². The van der Waals surface area contributed by atoms with Crippen LogP contribution in [-0.4, -0.2) is 17.0 Å². The molecule has 0 aliphatic heterocycles. The summed E-state index contributed by atoms with van der Waals surface area (Å²) >= 11 is 0. The van der Waals surface area contributed by atoms with Gasteiger partial charge in [0.2, 0.25) is 0 Å². The SMILES string of the molecule is CNc1nc(-c2ccc(CC(C)C)cc2)nc(C)c1F. The molecule has 0 fully saturated rings. The molecule has 1 aromatic carbocycles. The maximum Gasteiger partial charge on any atom is 0.186 e. The molecule has 106 valence electrons. The van der Waals surface area contributed by atoms with E-state index in [-0.39, 0.29) is 5.82 Å². The third-order valence-electron chi connectivity index (χ3n) is 3.11. The summed E-state index contributed by atoms with van der Waals surface area (Å²) in [4.78, 5) is 8.43. The highest BCUT2D eigenvalue weighted by Gasteiger charge is 2.11. The molecule has 20 heavy (non-hydrogen) atoms. The van der Waals surface area contributed by atoms with Crippen molar-refractivity contribution in [3.05, 3.63) is 41.3 Å². The minimum absolute atomic E-state index is 0.235. The Balaban J connectivity index is 2.34. The molecule has 3 nitrogen and oxygen atoms in total. The molecule has 2 aromatic rings. The Morgan fingerprint density at radius 3 is 2.35 bits per heavy atom. The highest BCUT2D eigenvalue weighted by Crippen LogP contribution is 2.21. The molecule has 1 N–H and O–H groups in total. The van der Waals surface area contributed by atoms with Crippen molar-refractivity contribution in [2.24, 2.45) is 5.92 Å². The Bertz CT molecular complexity index is 591. The summed E-state index contributed by atoms with van der Waals surface area (Å²) < 4.78 is 13.7. The number of hydrogen-bond acceptors (Lipinski definition) is 3. The van der Waals surface area contributed by atoms with Gasteiger partial charge in [-0.25, -0.2) is 14.4 Å². The third-order valence-corrected chi connectivity index (χ3v) is 3.11. The van der Waals surface area contributed by atoms with Gasteiger partial charge in [-0.3, -0.25) is 0 Å². The van der Waals surface area contributed by atoms with Gasteiger partial charge in [-0.2, -0.15) is 0 Å². The number of aromatic nitrogens is 2. The number of nitrogens with one attached hydrogen (secondary N) is 1. The van der Waals surface area contributed by atoms with E-state index >= 15 is 0 Å². The zero-order valence-electron chi connectivity index (χ0n) is 12.4. The second kappa shape index (κ2) is 5.99. The van der Waals surface area contributed by atoms with Crippen molar-refractivity contribution in [1.82, 2.24) is 9.97 Å². The maximum atomic E-state index is 13.7. The molecule has 0 radical (unpaired) electrons. The van der Waals surface area contributed by atoms with E-state index in [2.05, 4.69) is 41.3 Å². The first-order valence-corrected chi connectivity index (χ1v) is 6.82. The van der Waals surface area contributed by atoms with Crippen molar-refractivity contribution in [3.8, 4) is 11.4 Å². The van der Waals surface area contributed by atoms with Crippen LogP contribution >= 0.6 is 0 Å². The molecule has 1 heterocycles. The Morgan fingerprint density at radius 2 is 1.80 bits per heavy atom. The molecule has 0 spiro atoms. The van der Waals surface area contributed by atoms with E-state index in [4.69, 9.17) is 0 Å². The fraction of sp³-hybridized carbons (Fsp3) is 0.375. The van der Waals surface area contributed by atoms with Gasteiger partial charge in [0.05, 0.1) is 5.69 Å². The number of anilines is 1. The molecule has 1 aromatic heterocycles. The number of rotatable bonds is 4. The van der Waals surface area contributed by atoms with E-state index < -0.39 is 5.82 Å². The standard InChI is InChI=1S/C16H20FN3/c1-10(2)9-12-5-7-13(8-6-12)15-19-11(3)14(17)16(18-4)20-15/h5-8,10H,9H2,1-4H3,(H,18,19,20). The largest absolute Gasteiger partial charge is 0.371 e. The van der Waals surface area contributed by atoms with Gasteiger partial charge in [0.15, 0.2) is 17.5 Å². The quantitative estimate of drug-likeness (QED) is 0.920. The number of halogens is 1. The Kier molecular flexibility index (Phi) is 4.32. The first-order chi connectivity index (χ1) is 9.51. The number of hydrogen-bond donors (Lipinski definition) is 1. The van der Waals surface area contributed by atoms with Crippen LogP contribution in [0.15, 0.2) is 24.3 Å². The van der Waals surface area contributed by atoms with Crippen molar-refractivity contribution < 1.29 is 4.39 Å². The monoisotopic (exact) mass is 273 g/mol. The molecule has 0 aliphatic carbocycles. The predicted octanol–water partition coefficient (Wildman–Crippen LogP) is 3.83. The fourth-order valence-corrected chi connectivity index (χ4v) is 2.12. The summed E-state index contributed by atoms with van der Waals surface area (Å²) in [6, 6.07) is 8.14. The molecular weight excluding hydrogens is 253 g/mol. The highest BCUT2D eigenvalue weighted by atomic mass is 19.1. The van der Waals surface area contributed by atoms with Crippen LogP contribution in [0.1, 0.15) is 25.1 Å². The summed E-state index contributed by atoms with van der Waals surface area (Å²) in [5, 5.41) is 2.76. The lowest BCUT2D eigenvalue weighted by Gasteiger charge is -2.09. The van der Waals surface area contributed by atoms with E-state index in [1.807, 2.05) is 12.1 Å². The van der Waals surface area contributed by atoms with Gasteiger partial charge in [-0.15, -0.1) is 0 Å². The lowest BCUT2D eigenvalue weighted by atomic mass is 10.0. The first kappa shape index (κ1) is 14.4. The normalized spacial score (nSPS) is 10.9. The Morgan fingerprint density at radius 1 is 1.15 bits per heavy atom. The minimum atomic E-state index is -0.396. The van der Waals surface area contributed by atoms with Crippen LogP contribution in [-0.2, 0) is 6.42 Å². The summed E-state index contributed by atoms with van der Waals surface area (Å²) in [5.41, 5.74) is 2.54. The van der Waals surface area contributed by atoms with Crippen molar-refractivity contribution >= 4 is 5.82 Å². The van der Waals surface area contributed by atoms with Gasteiger partial charge in [-0.1, -0.05) is 38.1 Å². The van der Waals surface area contributed by atoms with Crippen LogP contribution in [0.2, 0.25) is 0 Å². The van der Waals surface area contributed by atoms with E-state index in [0.717, 1.165) is 12.0 Å². The van der Waals surface area contributed by atoms with Gasteiger partial charge in [0.25, 0.3) is 0 Å². The van der Waals surface area contributed by atoms with Gasteiger partial charge >= 0.3 is 0 Å². The van der Waals surface area contributed by atoms with Gasteiger partial charge in [-0.05, 0) is 24.8 Å². The van der Waals surface area contributed by atoms with Gasteiger partial charge in [0.1, 0.15) is 0 Å². The second-order valence-corrected chi connectivity index (χ2v) is 5.34. The van der Waals surface area contributed by atoms with E-state index in [9.17, 15) is 4.39 Å². The highest BCUT2D eigenvalue weighted by molar-refractivity contribution is 5.58. The predicted molar refractivity (Wildman–Crippen MR) is 80.3 cm³/mol. The van der Waals surface area contributed by atoms with E-state index in [0.29, 0.717) is 17.4 Å². The lowest BCUT2D eigenvalue weighted by Crippen LogP contribution is -2.03.